The minimum Gasteiger partial charge on any atom is -0.481 e. The first-order chi connectivity index (χ1) is 9.08. The number of aromatic nitrogens is 1. The van der Waals surface area contributed by atoms with E-state index in [9.17, 15) is 9.59 Å². The van der Waals surface area contributed by atoms with Crippen LogP contribution < -0.4 is 5.32 Å². The molecular weight excluding hydrogens is 280 g/mol. The van der Waals surface area contributed by atoms with Gasteiger partial charge >= 0.3 is 12.1 Å². The third-order valence-corrected chi connectivity index (χ3v) is 3.67. The minimum absolute atomic E-state index is 0.0366. The van der Waals surface area contributed by atoms with Crippen LogP contribution in [0.1, 0.15) is 50.6 Å². The Morgan fingerprint density at radius 1 is 1.45 bits per heavy atom. The molecule has 1 amide bonds. The SMILES string of the molecule is Cc1nc(NC(=O)OC(C)(C)C)sc1C(C)CC(=O)O. The number of aryl methyl sites for hydroxylation is 1. The molecule has 0 saturated heterocycles. The average Bonchev–Trinajstić information content (AvgIpc) is 2.54. The molecule has 0 radical (unpaired) electrons. The summed E-state index contributed by atoms with van der Waals surface area (Å²) in [6.07, 6.45) is -0.529. The highest BCUT2D eigenvalue weighted by molar-refractivity contribution is 7.16. The van der Waals surface area contributed by atoms with Crippen LogP contribution in [0.2, 0.25) is 0 Å². The van der Waals surface area contributed by atoms with Gasteiger partial charge in [-0.2, -0.15) is 0 Å². The van der Waals surface area contributed by atoms with E-state index in [4.69, 9.17) is 9.84 Å². The lowest BCUT2D eigenvalue weighted by atomic mass is 10.1. The summed E-state index contributed by atoms with van der Waals surface area (Å²) in [5.74, 6) is -0.994. The van der Waals surface area contributed by atoms with Gasteiger partial charge in [-0.15, -0.1) is 11.3 Å². The fourth-order valence-corrected chi connectivity index (χ4v) is 2.67. The Morgan fingerprint density at radius 2 is 2.05 bits per heavy atom. The van der Waals surface area contributed by atoms with Gasteiger partial charge in [0.25, 0.3) is 0 Å². The summed E-state index contributed by atoms with van der Waals surface area (Å²) < 4.78 is 5.14. The number of ether oxygens (including phenoxy) is 1. The van der Waals surface area contributed by atoms with Crippen molar-refractivity contribution in [3.05, 3.63) is 10.6 Å². The Labute approximate surface area is 122 Å². The molecule has 0 aliphatic carbocycles. The van der Waals surface area contributed by atoms with Crippen LogP contribution in [0, 0.1) is 6.92 Å². The highest BCUT2D eigenvalue weighted by Crippen LogP contribution is 2.31. The Balaban J connectivity index is 2.75. The molecular formula is C13H20N2O4S. The summed E-state index contributed by atoms with van der Waals surface area (Å²) in [5.41, 5.74) is 0.158. The Hall–Kier alpha value is -1.63. The van der Waals surface area contributed by atoms with E-state index in [0.29, 0.717) is 5.13 Å². The van der Waals surface area contributed by atoms with Crippen LogP contribution in [0.4, 0.5) is 9.93 Å². The van der Waals surface area contributed by atoms with Crippen LogP contribution in [-0.4, -0.2) is 27.8 Å². The summed E-state index contributed by atoms with van der Waals surface area (Å²) in [6.45, 7) is 8.95. The van der Waals surface area contributed by atoms with Crippen LogP contribution in [0.15, 0.2) is 0 Å². The zero-order chi connectivity index (χ0) is 15.5. The number of hydrogen-bond donors (Lipinski definition) is 2. The second-order valence-corrected chi connectivity index (χ2v) is 6.63. The minimum atomic E-state index is -0.855. The number of carbonyl (C=O) groups is 2. The predicted octanol–water partition coefficient (Wildman–Crippen LogP) is 3.38. The molecule has 0 bridgehead atoms. The molecule has 0 fully saturated rings. The van der Waals surface area contributed by atoms with E-state index in [0.717, 1.165) is 10.6 Å². The van der Waals surface area contributed by atoms with Crippen molar-refractivity contribution in [1.82, 2.24) is 4.98 Å². The zero-order valence-corrected chi connectivity index (χ0v) is 13.1. The summed E-state index contributed by atoms with van der Waals surface area (Å²) in [4.78, 5) is 27.4. The number of rotatable bonds is 4. The van der Waals surface area contributed by atoms with E-state index in [-0.39, 0.29) is 12.3 Å². The van der Waals surface area contributed by atoms with Crippen LogP contribution in [-0.2, 0) is 9.53 Å². The molecule has 2 N–H and O–H groups in total. The van der Waals surface area contributed by atoms with Crippen LogP contribution in [0.5, 0.6) is 0 Å². The van der Waals surface area contributed by atoms with Gasteiger partial charge in [-0.25, -0.2) is 9.78 Å². The zero-order valence-electron chi connectivity index (χ0n) is 12.3. The number of aliphatic carboxylic acids is 1. The normalized spacial score (nSPS) is 12.8. The summed E-state index contributed by atoms with van der Waals surface area (Å²) in [6, 6.07) is 0. The van der Waals surface area contributed by atoms with Crippen molar-refractivity contribution >= 4 is 28.5 Å². The molecule has 1 heterocycles. The van der Waals surface area contributed by atoms with Gasteiger partial charge in [0.1, 0.15) is 5.60 Å². The highest BCUT2D eigenvalue weighted by atomic mass is 32.1. The van der Waals surface area contributed by atoms with Crippen LogP contribution >= 0.6 is 11.3 Å². The van der Waals surface area contributed by atoms with Gasteiger partial charge in [0.2, 0.25) is 0 Å². The van der Waals surface area contributed by atoms with Gasteiger partial charge in [0.05, 0.1) is 12.1 Å². The van der Waals surface area contributed by atoms with Crippen molar-refractivity contribution in [1.29, 1.82) is 0 Å². The number of anilines is 1. The summed E-state index contributed by atoms with van der Waals surface area (Å²) in [5, 5.41) is 11.8. The maximum atomic E-state index is 11.6. The molecule has 112 valence electrons. The lowest BCUT2D eigenvalue weighted by Gasteiger charge is -2.18. The van der Waals surface area contributed by atoms with Crippen molar-refractivity contribution in [2.75, 3.05) is 5.32 Å². The molecule has 0 spiro atoms. The van der Waals surface area contributed by atoms with E-state index >= 15 is 0 Å². The quantitative estimate of drug-likeness (QED) is 0.890. The lowest BCUT2D eigenvalue weighted by Crippen LogP contribution is -2.27. The maximum absolute atomic E-state index is 11.6. The molecule has 1 aromatic rings. The van der Waals surface area contributed by atoms with Crippen molar-refractivity contribution in [2.24, 2.45) is 0 Å². The lowest BCUT2D eigenvalue weighted by molar-refractivity contribution is -0.137. The van der Waals surface area contributed by atoms with E-state index in [1.807, 2.05) is 6.92 Å². The molecule has 0 aliphatic rings. The molecule has 1 rings (SSSR count). The molecule has 1 atom stereocenters. The van der Waals surface area contributed by atoms with E-state index in [1.165, 1.54) is 11.3 Å². The fourth-order valence-electron chi connectivity index (χ4n) is 1.66. The van der Waals surface area contributed by atoms with Crippen molar-refractivity contribution < 1.29 is 19.4 Å². The monoisotopic (exact) mass is 300 g/mol. The van der Waals surface area contributed by atoms with Crippen molar-refractivity contribution in [3.8, 4) is 0 Å². The number of nitrogens with zero attached hydrogens (tertiary/aromatic N) is 1. The van der Waals surface area contributed by atoms with E-state index in [2.05, 4.69) is 10.3 Å². The van der Waals surface area contributed by atoms with Crippen molar-refractivity contribution in [3.63, 3.8) is 0 Å². The van der Waals surface area contributed by atoms with Crippen LogP contribution in [0.25, 0.3) is 0 Å². The molecule has 1 aromatic heterocycles. The second-order valence-electron chi connectivity index (χ2n) is 5.59. The number of carboxylic acid groups (broad SMARTS) is 1. The number of thiazole rings is 1. The molecule has 7 heteroatoms. The Bertz CT molecular complexity index is 505. The second kappa shape index (κ2) is 6.21. The van der Waals surface area contributed by atoms with E-state index in [1.54, 1.807) is 27.7 Å². The van der Waals surface area contributed by atoms with Gasteiger partial charge in [-0.3, -0.25) is 10.1 Å². The third-order valence-electron chi connectivity index (χ3n) is 2.37. The van der Waals surface area contributed by atoms with E-state index < -0.39 is 17.7 Å². The number of amides is 1. The molecule has 1 unspecified atom stereocenters. The number of hydrogen-bond acceptors (Lipinski definition) is 5. The number of carboxylic acids is 1. The van der Waals surface area contributed by atoms with Gasteiger partial charge < -0.3 is 9.84 Å². The average molecular weight is 300 g/mol. The number of carbonyl (C=O) groups excluding carboxylic acids is 1. The molecule has 0 saturated carbocycles. The molecule has 0 aliphatic heterocycles. The smallest absolute Gasteiger partial charge is 0.413 e. The first-order valence-corrected chi connectivity index (χ1v) is 7.09. The summed E-state index contributed by atoms with van der Waals surface area (Å²) >= 11 is 1.28. The Kier molecular flexibility index (Phi) is 5.10. The third kappa shape index (κ3) is 5.16. The standard InChI is InChI=1S/C13H20N2O4S/c1-7(6-9(16)17)10-8(2)14-11(20-10)15-12(18)19-13(3,4)5/h7H,6H2,1-5H3,(H,16,17)(H,14,15,18). The van der Waals surface area contributed by atoms with Crippen LogP contribution in [0.3, 0.4) is 0 Å². The van der Waals surface area contributed by atoms with Crippen molar-refractivity contribution in [2.45, 2.75) is 52.6 Å². The van der Waals surface area contributed by atoms with Gasteiger partial charge in [-0.05, 0) is 27.7 Å². The first kappa shape index (κ1) is 16.4. The van der Waals surface area contributed by atoms with Gasteiger partial charge in [0, 0.05) is 10.8 Å². The largest absolute Gasteiger partial charge is 0.481 e. The van der Waals surface area contributed by atoms with Gasteiger partial charge in [0.15, 0.2) is 5.13 Å². The first-order valence-electron chi connectivity index (χ1n) is 6.27. The molecule has 0 aromatic carbocycles. The summed E-state index contributed by atoms with van der Waals surface area (Å²) in [7, 11) is 0. The maximum Gasteiger partial charge on any atom is 0.413 e. The fraction of sp³-hybridized carbons (Fsp3) is 0.615. The molecule has 20 heavy (non-hydrogen) atoms. The number of nitrogens with one attached hydrogen (secondary N) is 1. The Morgan fingerprint density at radius 3 is 2.55 bits per heavy atom. The molecule has 6 nitrogen and oxygen atoms in total. The van der Waals surface area contributed by atoms with Gasteiger partial charge in [-0.1, -0.05) is 6.92 Å². The predicted molar refractivity (Wildman–Crippen MR) is 77.4 cm³/mol. The topological polar surface area (TPSA) is 88.5 Å². The highest BCUT2D eigenvalue weighted by Gasteiger charge is 2.20.